The van der Waals surface area contributed by atoms with Crippen LogP contribution in [0.1, 0.15) is 6.92 Å². The average Bonchev–Trinajstić information content (AvgIpc) is 2.32. The van der Waals surface area contributed by atoms with Gasteiger partial charge in [-0.15, -0.1) is 0 Å². The summed E-state index contributed by atoms with van der Waals surface area (Å²) in [6.07, 6.45) is 0. The molecule has 0 spiro atoms. The van der Waals surface area contributed by atoms with Crippen LogP contribution in [-0.2, 0) is 4.79 Å². The average molecular weight is 296 g/mol. The normalized spacial score (nSPS) is 8.26. The van der Waals surface area contributed by atoms with Crippen LogP contribution in [0.3, 0.4) is 0 Å². The number of isothiocyanates is 1. The number of hydrogen-bond donors (Lipinski definition) is 2. The summed E-state index contributed by atoms with van der Waals surface area (Å²) in [6.45, 7) is 4.60. The summed E-state index contributed by atoms with van der Waals surface area (Å²) in [5.41, 5.74) is 6.07. The molecule has 0 heterocycles. The van der Waals surface area contributed by atoms with Crippen molar-refractivity contribution in [1.29, 1.82) is 0 Å². The second-order valence-corrected chi connectivity index (χ2v) is 3.79. The van der Waals surface area contributed by atoms with Gasteiger partial charge in [-0.3, -0.25) is 0 Å². The summed E-state index contributed by atoms with van der Waals surface area (Å²) in [5.74, 6) is -0.356. The standard InChI is InChI=1S/C8H6N2OS2.C4H6O2/c9-8(13)11-7-3-1-6(2-4-7)10-5-12;1-3(2)4(5)6/h1-4H,(H2,9,13);1H2,2H3,(H,5,6). The van der Waals surface area contributed by atoms with Crippen LogP contribution in [-0.4, -0.2) is 21.4 Å². The van der Waals surface area contributed by atoms with Gasteiger partial charge in [0.1, 0.15) is 5.75 Å². The van der Waals surface area contributed by atoms with Crippen LogP contribution >= 0.6 is 24.4 Å². The highest BCUT2D eigenvalue weighted by molar-refractivity contribution is 7.80. The quantitative estimate of drug-likeness (QED) is 0.507. The highest BCUT2D eigenvalue weighted by Gasteiger charge is 1.94. The van der Waals surface area contributed by atoms with E-state index in [0.29, 0.717) is 11.4 Å². The first-order valence-electron chi connectivity index (χ1n) is 4.91. The molecule has 0 atom stereocenters. The Labute approximate surface area is 121 Å². The molecule has 0 radical (unpaired) electrons. The van der Waals surface area contributed by atoms with E-state index in [4.69, 9.17) is 15.6 Å². The molecule has 0 fully saturated rings. The molecule has 0 aliphatic carbocycles. The number of thiocarbonyl (C=S) groups is 2. The van der Waals surface area contributed by atoms with Gasteiger partial charge in [0.05, 0.1) is 10.8 Å². The van der Waals surface area contributed by atoms with Gasteiger partial charge in [0.15, 0.2) is 0 Å². The Morgan fingerprint density at radius 2 is 1.95 bits per heavy atom. The number of nitrogens with two attached hydrogens (primary N) is 1. The minimum absolute atomic E-state index is 0.00826. The highest BCUT2D eigenvalue weighted by Crippen LogP contribution is 2.17. The van der Waals surface area contributed by atoms with Crippen molar-refractivity contribution >= 4 is 46.4 Å². The number of nitrogens with zero attached hydrogens (tertiary/aromatic N) is 1. The molecule has 5 nitrogen and oxygen atoms in total. The van der Waals surface area contributed by atoms with Gasteiger partial charge in [-0.25, -0.2) is 4.79 Å². The van der Waals surface area contributed by atoms with Crippen molar-refractivity contribution in [1.82, 2.24) is 0 Å². The summed E-state index contributed by atoms with van der Waals surface area (Å²) < 4.78 is 4.97. The molecule has 0 saturated carbocycles. The molecule has 0 aromatic heterocycles. The molecule has 1 rings (SSSR count). The Balaban J connectivity index is 0.000000459. The number of carbonyl (C=O) groups is 1. The summed E-state index contributed by atoms with van der Waals surface area (Å²) >= 11 is 9.01. The number of rotatable bonds is 3. The van der Waals surface area contributed by atoms with Gasteiger partial charge in [-0.1, -0.05) is 6.58 Å². The lowest BCUT2D eigenvalue weighted by molar-refractivity contribution is -0.132. The van der Waals surface area contributed by atoms with Crippen molar-refractivity contribution in [2.45, 2.75) is 6.92 Å². The Hall–Kier alpha value is -2.08. The van der Waals surface area contributed by atoms with Crippen molar-refractivity contribution < 1.29 is 14.6 Å². The van der Waals surface area contributed by atoms with Crippen LogP contribution in [0.5, 0.6) is 5.75 Å². The van der Waals surface area contributed by atoms with E-state index >= 15 is 0 Å². The van der Waals surface area contributed by atoms with Crippen molar-refractivity contribution in [2.75, 3.05) is 0 Å². The second kappa shape index (κ2) is 8.93. The highest BCUT2D eigenvalue weighted by atomic mass is 32.1. The van der Waals surface area contributed by atoms with E-state index in [2.05, 4.69) is 41.2 Å². The van der Waals surface area contributed by atoms with Gasteiger partial charge < -0.3 is 15.6 Å². The van der Waals surface area contributed by atoms with Crippen molar-refractivity contribution in [3.63, 3.8) is 0 Å². The first-order chi connectivity index (χ1) is 8.86. The fraction of sp³-hybridized carbons (Fsp3) is 0.0833. The Morgan fingerprint density at radius 3 is 2.26 bits per heavy atom. The van der Waals surface area contributed by atoms with Crippen LogP contribution in [0.4, 0.5) is 5.69 Å². The summed E-state index contributed by atoms with van der Waals surface area (Å²) in [5, 5.41) is 10.1. The molecule has 0 aliphatic rings. The number of aliphatic imine (C=N–C) groups is 1. The fourth-order valence-corrected chi connectivity index (χ4v) is 0.959. The minimum atomic E-state index is -0.935. The number of aliphatic carboxylic acids is 1. The van der Waals surface area contributed by atoms with Crippen molar-refractivity contribution in [3.05, 3.63) is 36.4 Å². The summed E-state index contributed by atoms with van der Waals surface area (Å²) in [6, 6.07) is 6.86. The Morgan fingerprint density at radius 1 is 1.47 bits per heavy atom. The summed E-state index contributed by atoms with van der Waals surface area (Å²) in [4.78, 5) is 13.4. The third-order valence-electron chi connectivity index (χ3n) is 1.59. The maximum atomic E-state index is 9.60. The molecular weight excluding hydrogens is 284 g/mol. The van der Waals surface area contributed by atoms with E-state index in [9.17, 15) is 4.79 Å². The maximum absolute atomic E-state index is 9.60. The zero-order valence-corrected chi connectivity index (χ0v) is 11.8. The maximum Gasteiger partial charge on any atom is 0.330 e. The molecule has 0 saturated heterocycles. The molecule has 0 aliphatic heterocycles. The molecule has 1 aromatic rings. The number of ether oxygens (including phenoxy) is 1. The van der Waals surface area contributed by atoms with Crippen LogP contribution in [0.2, 0.25) is 0 Å². The van der Waals surface area contributed by atoms with Crippen molar-refractivity contribution in [3.8, 4) is 5.75 Å². The van der Waals surface area contributed by atoms with E-state index in [1.54, 1.807) is 24.3 Å². The molecule has 1 aromatic carbocycles. The molecule has 3 N–H and O–H groups in total. The minimum Gasteiger partial charge on any atom is -0.478 e. The van der Waals surface area contributed by atoms with Gasteiger partial charge >= 0.3 is 5.97 Å². The number of carboxylic acids is 1. The van der Waals surface area contributed by atoms with Crippen LogP contribution < -0.4 is 10.5 Å². The van der Waals surface area contributed by atoms with Gasteiger partial charge in [0.25, 0.3) is 5.17 Å². The number of carboxylic acid groups (broad SMARTS) is 1. The Bertz CT molecular complexity index is 508. The lowest BCUT2D eigenvalue weighted by Gasteiger charge is -2.01. The van der Waals surface area contributed by atoms with Crippen LogP contribution in [0.15, 0.2) is 41.4 Å². The summed E-state index contributed by atoms with van der Waals surface area (Å²) in [7, 11) is 0. The van der Waals surface area contributed by atoms with Crippen LogP contribution in [0.25, 0.3) is 0 Å². The topological polar surface area (TPSA) is 84.9 Å². The van der Waals surface area contributed by atoms with Gasteiger partial charge in [-0.2, -0.15) is 4.99 Å². The lowest BCUT2D eigenvalue weighted by Crippen LogP contribution is -2.15. The van der Waals surface area contributed by atoms with E-state index in [0.717, 1.165) is 0 Å². The first kappa shape index (κ1) is 16.9. The van der Waals surface area contributed by atoms with E-state index < -0.39 is 5.97 Å². The largest absolute Gasteiger partial charge is 0.478 e. The molecule has 0 unspecified atom stereocenters. The van der Waals surface area contributed by atoms with E-state index in [1.807, 2.05) is 0 Å². The van der Waals surface area contributed by atoms with E-state index in [-0.39, 0.29) is 10.7 Å². The van der Waals surface area contributed by atoms with Crippen molar-refractivity contribution in [2.24, 2.45) is 10.7 Å². The molecular formula is C12H12N2O3S2. The number of hydrogen-bond acceptors (Lipinski definition) is 5. The smallest absolute Gasteiger partial charge is 0.330 e. The molecule has 0 bridgehead atoms. The number of benzene rings is 1. The SMILES string of the molecule is C=C(C)C(=O)O.NC(=S)Oc1ccc(N=C=S)cc1. The van der Waals surface area contributed by atoms with Gasteiger partial charge in [0.2, 0.25) is 0 Å². The zero-order chi connectivity index (χ0) is 14.8. The first-order valence-corrected chi connectivity index (χ1v) is 5.72. The van der Waals surface area contributed by atoms with Gasteiger partial charge in [-0.05, 0) is 55.6 Å². The molecule has 7 heteroatoms. The third-order valence-corrected chi connectivity index (χ3v) is 1.77. The second-order valence-electron chi connectivity index (χ2n) is 3.20. The molecule has 19 heavy (non-hydrogen) atoms. The fourth-order valence-electron chi connectivity index (χ4n) is 0.758. The third kappa shape index (κ3) is 8.62. The molecule has 0 amide bonds. The van der Waals surface area contributed by atoms with E-state index in [1.165, 1.54) is 6.92 Å². The predicted molar refractivity (Wildman–Crippen MR) is 81.0 cm³/mol. The predicted octanol–water partition coefficient (Wildman–Crippen LogP) is 2.69. The monoisotopic (exact) mass is 296 g/mol. The molecule has 100 valence electrons. The zero-order valence-electron chi connectivity index (χ0n) is 10.1. The Kier molecular flexibility index (Phi) is 7.95. The van der Waals surface area contributed by atoms with Gasteiger partial charge in [0, 0.05) is 5.57 Å². The lowest BCUT2D eigenvalue weighted by atomic mass is 10.3. The van der Waals surface area contributed by atoms with Crippen LogP contribution in [0, 0.1) is 0 Å².